The van der Waals surface area contributed by atoms with Crippen molar-refractivity contribution in [1.82, 2.24) is 0 Å². The second kappa shape index (κ2) is 13.5. The van der Waals surface area contributed by atoms with Gasteiger partial charge in [-0.15, -0.1) is 0 Å². The molecule has 3 rings (SSSR count). The Morgan fingerprint density at radius 3 is 2.32 bits per heavy atom. The highest BCUT2D eigenvalue weighted by molar-refractivity contribution is 14.1. The smallest absolute Gasteiger partial charge is 0.266 e. The molecular formula is C26H19Cl3IN3O4. The summed E-state index contributed by atoms with van der Waals surface area (Å²) in [7, 11) is 0. The highest BCUT2D eigenvalue weighted by atomic mass is 127. The predicted molar refractivity (Wildman–Crippen MR) is 155 cm³/mol. The minimum Gasteiger partial charge on any atom is -0.490 e. The molecule has 0 saturated carbocycles. The molecule has 0 saturated heterocycles. The summed E-state index contributed by atoms with van der Waals surface area (Å²) in [4.78, 5) is 25.0. The third-order valence-electron chi connectivity index (χ3n) is 4.66. The average Bonchev–Trinajstić information content (AvgIpc) is 2.85. The topological polar surface area (TPSA) is 100 Å². The molecule has 0 aliphatic heterocycles. The fraction of sp³-hybridized carbons (Fsp3) is 0.115. The number of nitriles is 1. The van der Waals surface area contributed by atoms with Crippen molar-refractivity contribution in [1.29, 1.82) is 5.26 Å². The molecule has 0 aliphatic rings. The number of nitrogens with one attached hydrogen (secondary N) is 2. The van der Waals surface area contributed by atoms with Crippen LogP contribution in [0.1, 0.15) is 12.5 Å². The van der Waals surface area contributed by atoms with Gasteiger partial charge >= 0.3 is 0 Å². The fourth-order valence-electron chi connectivity index (χ4n) is 3.03. The molecule has 0 atom stereocenters. The van der Waals surface area contributed by atoms with Crippen molar-refractivity contribution in [3.05, 3.63) is 84.4 Å². The van der Waals surface area contributed by atoms with Gasteiger partial charge in [0, 0.05) is 16.4 Å². The SMILES string of the molecule is CCOc1cc(/C=C(/C#N)C(=O)Nc2ccc(Cl)cc2)cc(I)c1OCC(=O)Nc1ccc(Cl)c(Cl)c1. The maximum Gasteiger partial charge on any atom is 0.266 e. The number of carbonyl (C=O) groups is 2. The summed E-state index contributed by atoms with van der Waals surface area (Å²) in [6.07, 6.45) is 1.44. The molecule has 11 heteroatoms. The standard InChI is InChI=1S/C26H19Cl3IN3O4/c1-2-36-23-11-15(9-16(13-31)26(35)33-18-5-3-17(27)4-6-18)10-22(30)25(23)37-14-24(34)32-19-7-8-20(28)21(29)12-19/h3-12H,2,14H2,1H3,(H,32,34)(H,33,35)/b16-9-. The number of benzene rings is 3. The number of halogens is 4. The summed E-state index contributed by atoms with van der Waals surface area (Å²) in [6.45, 7) is 1.84. The Kier molecular flexibility index (Phi) is 10.5. The molecule has 0 aromatic heterocycles. The third kappa shape index (κ3) is 8.27. The van der Waals surface area contributed by atoms with E-state index in [1.54, 1.807) is 55.5 Å². The van der Waals surface area contributed by atoms with E-state index in [0.29, 0.717) is 53.7 Å². The van der Waals surface area contributed by atoms with Crippen LogP contribution in [0.3, 0.4) is 0 Å². The molecule has 0 radical (unpaired) electrons. The summed E-state index contributed by atoms with van der Waals surface area (Å²) in [5, 5.41) is 16.1. The number of nitrogens with zero attached hydrogens (tertiary/aromatic N) is 1. The van der Waals surface area contributed by atoms with Crippen LogP contribution in [0.2, 0.25) is 15.1 Å². The van der Waals surface area contributed by atoms with Crippen molar-refractivity contribution >= 4 is 86.7 Å². The molecule has 2 N–H and O–H groups in total. The zero-order valence-corrected chi connectivity index (χ0v) is 23.7. The van der Waals surface area contributed by atoms with Gasteiger partial charge < -0.3 is 20.1 Å². The Labute approximate surface area is 242 Å². The second-order valence-electron chi connectivity index (χ2n) is 7.36. The molecule has 0 fully saturated rings. The molecule has 3 aromatic carbocycles. The molecule has 2 amide bonds. The largest absolute Gasteiger partial charge is 0.490 e. The first-order valence-corrected chi connectivity index (χ1v) is 12.9. The molecule has 0 aliphatic carbocycles. The number of hydrogen-bond donors (Lipinski definition) is 2. The first-order chi connectivity index (χ1) is 17.7. The van der Waals surface area contributed by atoms with Gasteiger partial charge in [0.15, 0.2) is 18.1 Å². The summed E-state index contributed by atoms with van der Waals surface area (Å²) in [6, 6.07) is 16.5. The molecule has 0 bridgehead atoms. The number of rotatable bonds is 9. The molecule has 7 nitrogen and oxygen atoms in total. The van der Waals surface area contributed by atoms with E-state index in [2.05, 4.69) is 10.6 Å². The number of carbonyl (C=O) groups excluding carboxylic acids is 2. The van der Waals surface area contributed by atoms with Gasteiger partial charge in [-0.1, -0.05) is 34.8 Å². The van der Waals surface area contributed by atoms with Crippen LogP contribution in [0.15, 0.2) is 60.2 Å². The van der Waals surface area contributed by atoms with Crippen LogP contribution in [0.25, 0.3) is 6.08 Å². The van der Waals surface area contributed by atoms with Gasteiger partial charge in [0.05, 0.1) is 20.2 Å². The molecular weight excluding hydrogens is 652 g/mol. The van der Waals surface area contributed by atoms with E-state index in [4.69, 9.17) is 44.3 Å². The van der Waals surface area contributed by atoms with Crippen LogP contribution >= 0.6 is 57.4 Å². The van der Waals surface area contributed by atoms with Crippen molar-refractivity contribution in [3.63, 3.8) is 0 Å². The van der Waals surface area contributed by atoms with Crippen molar-refractivity contribution in [2.75, 3.05) is 23.8 Å². The minimum atomic E-state index is -0.572. The summed E-state index contributed by atoms with van der Waals surface area (Å²) >= 11 is 19.8. The molecule has 190 valence electrons. The van der Waals surface area contributed by atoms with E-state index in [1.807, 2.05) is 28.7 Å². The lowest BCUT2D eigenvalue weighted by atomic mass is 10.1. The minimum absolute atomic E-state index is 0.108. The highest BCUT2D eigenvalue weighted by Gasteiger charge is 2.16. The quantitative estimate of drug-likeness (QED) is 0.142. The van der Waals surface area contributed by atoms with E-state index in [1.165, 1.54) is 12.1 Å². The highest BCUT2D eigenvalue weighted by Crippen LogP contribution is 2.35. The first-order valence-electron chi connectivity index (χ1n) is 10.7. The number of ether oxygens (including phenoxy) is 2. The van der Waals surface area contributed by atoms with Gasteiger partial charge in [0.1, 0.15) is 11.6 Å². The van der Waals surface area contributed by atoms with E-state index in [0.717, 1.165) is 0 Å². The molecule has 37 heavy (non-hydrogen) atoms. The van der Waals surface area contributed by atoms with Crippen LogP contribution in [0, 0.1) is 14.9 Å². The normalized spacial score (nSPS) is 10.9. The van der Waals surface area contributed by atoms with Crippen LogP contribution in [-0.2, 0) is 9.59 Å². The monoisotopic (exact) mass is 669 g/mol. The average molecular weight is 671 g/mol. The Balaban J connectivity index is 1.76. The maximum absolute atomic E-state index is 12.6. The van der Waals surface area contributed by atoms with Crippen LogP contribution in [0.5, 0.6) is 11.5 Å². The summed E-state index contributed by atoms with van der Waals surface area (Å²) in [5.41, 5.74) is 1.42. The Morgan fingerprint density at radius 2 is 1.68 bits per heavy atom. The number of anilines is 2. The van der Waals surface area contributed by atoms with Crippen LogP contribution < -0.4 is 20.1 Å². The van der Waals surface area contributed by atoms with Gasteiger partial charge in [0.2, 0.25) is 0 Å². The van der Waals surface area contributed by atoms with Crippen molar-refractivity contribution in [2.24, 2.45) is 0 Å². The predicted octanol–water partition coefficient (Wildman–Crippen LogP) is 7.21. The maximum atomic E-state index is 12.6. The van der Waals surface area contributed by atoms with Gasteiger partial charge in [-0.25, -0.2) is 0 Å². The molecule has 0 spiro atoms. The zero-order chi connectivity index (χ0) is 26.9. The fourth-order valence-corrected chi connectivity index (χ4v) is 4.24. The van der Waals surface area contributed by atoms with Gasteiger partial charge in [0.25, 0.3) is 11.8 Å². The lowest BCUT2D eigenvalue weighted by molar-refractivity contribution is -0.118. The summed E-state index contributed by atoms with van der Waals surface area (Å²) < 4.78 is 12.1. The number of hydrogen-bond acceptors (Lipinski definition) is 5. The molecule has 0 unspecified atom stereocenters. The van der Waals surface area contributed by atoms with Gasteiger partial charge in [-0.2, -0.15) is 5.26 Å². The van der Waals surface area contributed by atoms with E-state index >= 15 is 0 Å². The zero-order valence-electron chi connectivity index (χ0n) is 19.3. The Morgan fingerprint density at radius 1 is 0.973 bits per heavy atom. The van der Waals surface area contributed by atoms with Gasteiger partial charge in [-0.05, 0) is 95.8 Å². The van der Waals surface area contributed by atoms with Crippen molar-refractivity contribution < 1.29 is 19.1 Å². The Hall–Kier alpha value is -2.97. The first kappa shape index (κ1) is 28.6. The molecule has 3 aromatic rings. The lowest BCUT2D eigenvalue weighted by Crippen LogP contribution is -2.20. The number of amides is 2. The van der Waals surface area contributed by atoms with Crippen molar-refractivity contribution in [2.45, 2.75) is 6.92 Å². The van der Waals surface area contributed by atoms with E-state index in [9.17, 15) is 14.9 Å². The van der Waals surface area contributed by atoms with Crippen LogP contribution in [0.4, 0.5) is 11.4 Å². The van der Waals surface area contributed by atoms with E-state index in [-0.39, 0.29) is 12.2 Å². The second-order valence-corrected chi connectivity index (χ2v) is 9.77. The summed E-state index contributed by atoms with van der Waals surface area (Å²) in [5.74, 6) is -0.269. The Bertz CT molecular complexity index is 1390. The van der Waals surface area contributed by atoms with Crippen LogP contribution in [-0.4, -0.2) is 25.0 Å². The van der Waals surface area contributed by atoms with Crippen molar-refractivity contribution in [3.8, 4) is 17.6 Å². The van der Waals surface area contributed by atoms with Gasteiger partial charge in [-0.3, -0.25) is 9.59 Å². The lowest BCUT2D eigenvalue weighted by Gasteiger charge is -2.15. The molecule has 0 heterocycles. The van der Waals surface area contributed by atoms with E-state index < -0.39 is 11.8 Å². The third-order valence-corrected chi connectivity index (χ3v) is 6.45.